The molecule has 0 bridgehead atoms. The fraction of sp³-hybridized carbons (Fsp3) is 0.143. The molecular weight excluding hydrogens is 360 g/mol. The Morgan fingerprint density at radius 2 is 1.78 bits per heavy atom. The summed E-state index contributed by atoms with van der Waals surface area (Å²) in [7, 11) is -3.39. The monoisotopic (exact) mass is 380 g/mol. The molecule has 1 amide bonds. The van der Waals surface area contributed by atoms with Crippen molar-refractivity contribution in [1.82, 2.24) is 10.3 Å². The minimum absolute atomic E-state index is 0.272. The molecule has 1 heterocycles. The van der Waals surface area contributed by atoms with Crippen molar-refractivity contribution in [1.29, 1.82) is 0 Å². The first-order valence-electron chi connectivity index (χ1n) is 8.44. The summed E-state index contributed by atoms with van der Waals surface area (Å²) in [5.74, 6) is -0.615. The summed E-state index contributed by atoms with van der Waals surface area (Å²) in [6.45, 7) is 3.90. The van der Waals surface area contributed by atoms with E-state index in [4.69, 9.17) is 0 Å². The van der Waals surface area contributed by atoms with E-state index in [2.05, 4.69) is 16.9 Å². The predicted octanol–water partition coefficient (Wildman–Crippen LogP) is 3.36. The van der Waals surface area contributed by atoms with Crippen LogP contribution in [0.25, 0.3) is 22.2 Å². The van der Waals surface area contributed by atoms with Crippen molar-refractivity contribution in [3.63, 3.8) is 0 Å². The Balaban J connectivity index is 2.38. The molecule has 0 radical (unpaired) electrons. The number of hydrogen-bond acceptors (Lipinski definition) is 4. The third kappa shape index (κ3) is 4.23. The minimum Gasteiger partial charge on any atom is -0.349 e. The molecule has 5 nitrogen and oxygen atoms in total. The molecule has 2 aromatic carbocycles. The molecule has 3 rings (SSSR count). The second-order valence-electron chi connectivity index (χ2n) is 6.27. The van der Waals surface area contributed by atoms with Crippen molar-refractivity contribution >= 4 is 26.6 Å². The fourth-order valence-corrected chi connectivity index (χ4v) is 3.81. The standard InChI is InChI=1S/C21H20N2O3S/c1-3-13-22-21(24)19-16-11-7-8-12-18(16)23-20(15-9-5-4-6-10-15)17(19)14-27(2,25)26/h3-12H,1,13-14H2,2H3,(H,22,24). The molecule has 0 atom stereocenters. The largest absolute Gasteiger partial charge is 0.349 e. The third-order valence-electron chi connectivity index (χ3n) is 4.08. The molecule has 0 unspecified atom stereocenters. The van der Waals surface area contributed by atoms with Gasteiger partial charge in [0.05, 0.1) is 22.5 Å². The molecule has 0 aliphatic heterocycles. The number of para-hydroxylation sites is 1. The van der Waals surface area contributed by atoms with Gasteiger partial charge in [0.2, 0.25) is 0 Å². The van der Waals surface area contributed by atoms with E-state index in [0.29, 0.717) is 27.7 Å². The summed E-state index contributed by atoms with van der Waals surface area (Å²) in [6, 6.07) is 16.5. The smallest absolute Gasteiger partial charge is 0.252 e. The Morgan fingerprint density at radius 1 is 1.11 bits per heavy atom. The van der Waals surface area contributed by atoms with E-state index in [1.165, 1.54) is 0 Å². The molecule has 6 heteroatoms. The van der Waals surface area contributed by atoms with E-state index in [9.17, 15) is 13.2 Å². The van der Waals surface area contributed by atoms with Gasteiger partial charge in [-0.2, -0.15) is 0 Å². The van der Waals surface area contributed by atoms with Gasteiger partial charge >= 0.3 is 0 Å². The molecule has 3 aromatic rings. The summed E-state index contributed by atoms with van der Waals surface area (Å²) in [6.07, 6.45) is 2.73. The number of pyridine rings is 1. The Hall–Kier alpha value is -2.99. The molecular formula is C21H20N2O3S. The summed E-state index contributed by atoms with van der Waals surface area (Å²) in [5, 5.41) is 3.39. The zero-order chi connectivity index (χ0) is 19.4. The number of hydrogen-bond donors (Lipinski definition) is 1. The van der Waals surface area contributed by atoms with Crippen molar-refractivity contribution in [2.45, 2.75) is 5.75 Å². The van der Waals surface area contributed by atoms with Crippen LogP contribution in [0.4, 0.5) is 0 Å². The van der Waals surface area contributed by atoms with Crippen LogP contribution in [0.1, 0.15) is 15.9 Å². The second kappa shape index (κ2) is 7.72. The number of carbonyl (C=O) groups is 1. The number of benzene rings is 2. The Labute approximate surface area is 158 Å². The van der Waals surface area contributed by atoms with Crippen LogP contribution in [-0.4, -0.2) is 32.1 Å². The zero-order valence-electron chi connectivity index (χ0n) is 15.0. The zero-order valence-corrected chi connectivity index (χ0v) is 15.8. The maximum atomic E-state index is 12.9. The van der Waals surface area contributed by atoms with Crippen LogP contribution in [-0.2, 0) is 15.6 Å². The molecule has 138 valence electrons. The highest BCUT2D eigenvalue weighted by molar-refractivity contribution is 7.89. The summed E-state index contributed by atoms with van der Waals surface area (Å²) in [4.78, 5) is 17.6. The van der Waals surface area contributed by atoms with Gasteiger partial charge in [0.15, 0.2) is 9.84 Å². The van der Waals surface area contributed by atoms with Crippen molar-refractivity contribution in [3.8, 4) is 11.3 Å². The van der Waals surface area contributed by atoms with E-state index in [1.54, 1.807) is 18.2 Å². The Morgan fingerprint density at radius 3 is 2.44 bits per heavy atom. The molecule has 0 fully saturated rings. The first-order valence-corrected chi connectivity index (χ1v) is 10.5. The lowest BCUT2D eigenvalue weighted by Crippen LogP contribution is -2.26. The van der Waals surface area contributed by atoms with Gasteiger partial charge in [-0.1, -0.05) is 54.6 Å². The predicted molar refractivity (Wildman–Crippen MR) is 108 cm³/mol. The van der Waals surface area contributed by atoms with Crippen LogP contribution >= 0.6 is 0 Å². The number of amides is 1. The molecule has 0 saturated heterocycles. The van der Waals surface area contributed by atoms with Crippen molar-refractivity contribution in [2.24, 2.45) is 0 Å². The van der Waals surface area contributed by atoms with Crippen LogP contribution in [0.15, 0.2) is 67.3 Å². The molecule has 27 heavy (non-hydrogen) atoms. The highest BCUT2D eigenvalue weighted by Gasteiger charge is 2.23. The van der Waals surface area contributed by atoms with E-state index in [-0.39, 0.29) is 18.2 Å². The van der Waals surface area contributed by atoms with Crippen molar-refractivity contribution in [3.05, 3.63) is 78.4 Å². The van der Waals surface area contributed by atoms with Gasteiger partial charge in [0.1, 0.15) is 0 Å². The maximum Gasteiger partial charge on any atom is 0.252 e. The van der Waals surface area contributed by atoms with E-state index < -0.39 is 9.84 Å². The number of rotatable bonds is 6. The fourth-order valence-electron chi connectivity index (χ4n) is 3.00. The number of sulfone groups is 1. The third-order valence-corrected chi connectivity index (χ3v) is 4.89. The van der Waals surface area contributed by atoms with E-state index in [0.717, 1.165) is 11.8 Å². The average Bonchev–Trinajstić information content (AvgIpc) is 2.65. The lowest BCUT2D eigenvalue weighted by molar-refractivity contribution is 0.0959. The van der Waals surface area contributed by atoms with Gasteiger partial charge in [-0.05, 0) is 6.07 Å². The normalized spacial score (nSPS) is 11.3. The van der Waals surface area contributed by atoms with Gasteiger partial charge in [0.25, 0.3) is 5.91 Å². The highest BCUT2D eigenvalue weighted by Crippen LogP contribution is 2.31. The summed E-state index contributed by atoms with van der Waals surface area (Å²) < 4.78 is 24.3. The number of nitrogens with zero attached hydrogens (tertiary/aromatic N) is 1. The van der Waals surface area contributed by atoms with Crippen LogP contribution in [0.3, 0.4) is 0 Å². The van der Waals surface area contributed by atoms with Gasteiger partial charge in [0, 0.05) is 29.3 Å². The van der Waals surface area contributed by atoms with Gasteiger partial charge in [-0.25, -0.2) is 13.4 Å². The quantitative estimate of drug-likeness (QED) is 0.665. The van der Waals surface area contributed by atoms with Crippen LogP contribution < -0.4 is 5.32 Å². The topological polar surface area (TPSA) is 76.1 Å². The molecule has 0 aliphatic carbocycles. The van der Waals surface area contributed by atoms with Crippen molar-refractivity contribution < 1.29 is 13.2 Å². The number of nitrogens with one attached hydrogen (secondary N) is 1. The van der Waals surface area contributed by atoms with Gasteiger partial charge < -0.3 is 5.32 Å². The van der Waals surface area contributed by atoms with Gasteiger partial charge in [-0.15, -0.1) is 6.58 Å². The van der Waals surface area contributed by atoms with E-state index in [1.807, 2.05) is 42.5 Å². The van der Waals surface area contributed by atoms with Crippen molar-refractivity contribution in [2.75, 3.05) is 12.8 Å². The van der Waals surface area contributed by atoms with Crippen LogP contribution in [0.5, 0.6) is 0 Å². The molecule has 0 aliphatic rings. The van der Waals surface area contributed by atoms with Crippen LogP contribution in [0, 0.1) is 0 Å². The number of fused-ring (bicyclic) bond motifs is 1. The first-order chi connectivity index (χ1) is 12.9. The minimum atomic E-state index is -3.39. The lowest BCUT2D eigenvalue weighted by Gasteiger charge is -2.16. The second-order valence-corrected chi connectivity index (χ2v) is 8.41. The maximum absolute atomic E-state index is 12.9. The first kappa shape index (κ1) is 18.8. The SMILES string of the molecule is C=CCNC(=O)c1c(CS(C)(=O)=O)c(-c2ccccc2)nc2ccccc12. The lowest BCUT2D eigenvalue weighted by atomic mass is 9.97. The van der Waals surface area contributed by atoms with E-state index >= 15 is 0 Å². The molecule has 1 N–H and O–H groups in total. The highest BCUT2D eigenvalue weighted by atomic mass is 32.2. The molecule has 0 saturated carbocycles. The average molecular weight is 380 g/mol. The van der Waals surface area contributed by atoms with Crippen LogP contribution in [0.2, 0.25) is 0 Å². The Kier molecular flexibility index (Phi) is 5.37. The van der Waals surface area contributed by atoms with Gasteiger partial charge in [-0.3, -0.25) is 4.79 Å². The summed E-state index contributed by atoms with van der Waals surface area (Å²) in [5.41, 5.74) is 2.65. The summed E-state index contributed by atoms with van der Waals surface area (Å²) >= 11 is 0. The Bertz CT molecular complexity index is 1110. The number of carbonyl (C=O) groups excluding carboxylic acids is 1. The molecule has 1 aromatic heterocycles. The molecule has 0 spiro atoms. The number of aromatic nitrogens is 1.